The van der Waals surface area contributed by atoms with E-state index in [1.54, 1.807) is 24.3 Å². The average Bonchev–Trinajstić information content (AvgIpc) is 3.39. The smallest absolute Gasteiger partial charge is 0.294 e. The van der Waals surface area contributed by atoms with Crippen LogP contribution in [0.15, 0.2) is 54.9 Å². The molecule has 3 heterocycles. The number of rotatable bonds is 8. The van der Waals surface area contributed by atoms with Crippen molar-refractivity contribution in [1.29, 1.82) is 0 Å². The third kappa shape index (κ3) is 6.15. The molecule has 10 heteroatoms. The van der Waals surface area contributed by atoms with Crippen LogP contribution in [-0.4, -0.2) is 50.9 Å². The highest BCUT2D eigenvalue weighted by Crippen LogP contribution is 2.28. The molecule has 9 nitrogen and oxygen atoms in total. The van der Waals surface area contributed by atoms with Gasteiger partial charge in [-0.3, -0.25) is 4.79 Å². The number of amides is 1. The van der Waals surface area contributed by atoms with E-state index in [0.717, 1.165) is 42.9 Å². The standard InChI is InChI=1S/C27H27FN6O3/c1-17-6-7-20(37-15-18-8-10-36-11-9-18)13-21(17)23-14-24(30-16-29-23)32-27(35)26-31-25(33-34-26)12-19-4-2-3-5-22(19)28/h2-7,13-14,16,18H,8-12,15H2,1H3,(H,31,33,34)(H,29,30,32,35). The quantitative estimate of drug-likeness (QED) is 0.368. The second-order valence-electron chi connectivity index (χ2n) is 8.97. The molecular formula is C27H27FN6O3. The van der Waals surface area contributed by atoms with Crippen LogP contribution >= 0.6 is 0 Å². The highest BCUT2D eigenvalue weighted by atomic mass is 19.1. The summed E-state index contributed by atoms with van der Waals surface area (Å²) >= 11 is 0. The maximum absolute atomic E-state index is 13.9. The summed E-state index contributed by atoms with van der Waals surface area (Å²) in [6.45, 7) is 4.20. The average molecular weight is 503 g/mol. The van der Waals surface area contributed by atoms with Crippen molar-refractivity contribution < 1.29 is 18.7 Å². The van der Waals surface area contributed by atoms with Gasteiger partial charge in [0.2, 0.25) is 5.82 Å². The number of nitrogens with zero attached hydrogens (tertiary/aromatic N) is 4. The molecule has 0 unspecified atom stereocenters. The van der Waals surface area contributed by atoms with Gasteiger partial charge in [0, 0.05) is 31.3 Å². The SMILES string of the molecule is Cc1ccc(OCC2CCOCC2)cc1-c1cc(NC(=O)c2nnc(Cc3ccccc3F)[nH]2)ncn1. The number of hydrogen-bond acceptors (Lipinski definition) is 7. The molecule has 4 aromatic rings. The Morgan fingerprint density at radius 1 is 1.14 bits per heavy atom. The monoisotopic (exact) mass is 502 g/mol. The number of carbonyl (C=O) groups excluding carboxylic acids is 1. The third-order valence-electron chi connectivity index (χ3n) is 6.28. The van der Waals surface area contributed by atoms with E-state index in [-0.39, 0.29) is 18.1 Å². The second kappa shape index (κ2) is 11.3. The third-order valence-corrected chi connectivity index (χ3v) is 6.28. The molecule has 1 fully saturated rings. The summed E-state index contributed by atoms with van der Waals surface area (Å²) in [4.78, 5) is 24.2. The molecule has 0 atom stereocenters. The Kier molecular flexibility index (Phi) is 7.46. The minimum atomic E-state index is -0.512. The van der Waals surface area contributed by atoms with E-state index in [9.17, 15) is 9.18 Å². The van der Waals surface area contributed by atoms with Gasteiger partial charge in [0.05, 0.1) is 12.3 Å². The largest absolute Gasteiger partial charge is 0.493 e. The molecule has 0 aliphatic carbocycles. The summed E-state index contributed by atoms with van der Waals surface area (Å²) < 4.78 is 25.4. The van der Waals surface area contributed by atoms with E-state index < -0.39 is 5.91 Å². The van der Waals surface area contributed by atoms with E-state index in [1.807, 2.05) is 25.1 Å². The summed E-state index contributed by atoms with van der Waals surface area (Å²) in [7, 11) is 0. The van der Waals surface area contributed by atoms with Gasteiger partial charge in [-0.2, -0.15) is 0 Å². The van der Waals surface area contributed by atoms with Gasteiger partial charge in [-0.1, -0.05) is 24.3 Å². The molecular weight excluding hydrogens is 475 g/mol. The van der Waals surface area contributed by atoms with Gasteiger partial charge in [-0.25, -0.2) is 14.4 Å². The van der Waals surface area contributed by atoms with Crippen molar-refractivity contribution in [2.45, 2.75) is 26.2 Å². The van der Waals surface area contributed by atoms with Gasteiger partial charge in [0.1, 0.15) is 29.5 Å². The second-order valence-corrected chi connectivity index (χ2v) is 8.97. The van der Waals surface area contributed by atoms with Crippen LogP contribution in [0.2, 0.25) is 0 Å². The number of hydrogen-bond donors (Lipinski definition) is 2. The summed E-state index contributed by atoms with van der Waals surface area (Å²) in [5.41, 5.74) is 3.01. The van der Waals surface area contributed by atoms with E-state index >= 15 is 0 Å². The van der Waals surface area contributed by atoms with Crippen LogP contribution in [0, 0.1) is 18.7 Å². The van der Waals surface area contributed by atoms with E-state index in [1.165, 1.54) is 12.4 Å². The number of benzene rings is 2. The molecule has 1 saturated heterocycles. The first-order valence-corrected chi connectivity index (χ1v) is 12.1. The van der Waals surface area contributed by atoms with Crippen molar-refractivity contribution in [3.63, 3.8) is 0 Å². The van der Waals surface area contributed by atoms with E-state index in [0.29, 0.717) is 35.4 Å². The van der Waals surface area contributed by atoms with Crippen LogP contribution in [0.3, 0.4) is 0 Å². The zero-order valence-electron chi connectivity index (χ0n) is 20.4. The zero-order valence-corrected chi connectivity index (χ0v) is 20.4. The molecule has 37 heavy (non-hydrogen) atoms. The Balaban J connectivity index is 1.26. The predicted molar refractivity (Wildman–Crippen MR) is 135 cm³/mol. The first-order chi connectivity index (χ1) is 18.0. The highest BCUT2D eigenvalue weighted by molar-refractivity contribution is 6.01. The Morgan fingerprint density at radius 3 is 2.81 bits per heavy atom. The lowest BCUT2D eigenvalue weighted by atomic mass is 10.0. The Bertz CT molecular complexity index is 1390. The summed E-state index contributed by atoms with van der Waals surface area (Å²) in [5, 5.41) is 10.6. The molecule has 2 aromatic heterocycles. The van der Waals surface area contributed by atoms with Crippen LogP contribution in [0.4, 0.5) is 10.2 Å². The number of halogens is 1. The number of ether oxygens (including phenoxy) is 2. The van der Waals surface area contributed by atoms with Crippen molar-refractivity contribution in [3.05, 3.63) is 83.5 Å². The lowest BCUT2D eigenvalue weighted by molar-refractivity contribution is 0.0497. The minimum Gasteiger partial charge on any atom is -0.493 e. The molecule has 1 aliphatic rings. The molecule has 0 bridgehead atoms. The fraction of sp³-hybridized carbons (Fsp3) is 0.296. The van der Waals surface area contributed by atoms with Crippen molar-refractivity contribution in [1.82, 2.24) is 25.1 Å². The fourth-order valence-corrected chi connectivity index (χ4v) is 4.14. The van der Waals surface area contributed by atoms with Crippen LogP contribution in [0.25, 0.3) is 11.3 Å². The first-order valence-electron chi connectivity index (χ1n) is 12.1. The van der Waals surface area contributed by atoms with Crippen molar-refractivity contribution >= 4 is 11.7 Å². The molecule has 190 valence electrons. The summed E-state index contributed by atoms with van der Waals surface area (Å²) in [6, 6.07) is 14.0. The normalized spacial score (nSPS) is 13.9. The maximum atomic E-state index is 13.9. The summed E-state index contributed by atoms with van der Waals surface area (Å²) in [6.07, 6.45) is 3.59. The van der Waals surface area contributed by atoms with Gasteiger partial charge in [0.15, 0.2) is 0 Å². The highest BCUT2D eigenvalue weighted by Gasteiger charge is 2.17. The van der Waals surface area contributed by atoms with Crippen molar-refractivity contribution in [2.75, 3.05) is 25.1 Å². The molecule has 2 aromatic carbocycles. The predicted octanol–water partition coefficient (Wildman–Crippen LogP) is 4.36. The molecule has 2 N–H and O–H groups in total. The van der Waals surface area contributed by atoms with E-state index in [2.05, 4.69) is 30.5 Å². The number of H-pyrrole nitrogens is 1. The number of nitrogens with one attached hydrogen (secondary N) is 2. The maximum Gasteiger partial charge on any atom is 0.294 e. The summed E-state index contributed by atoms with van der Waals surface area (Å²) in [5.74, 6) is 1.10. The number of aromatic nitrogens is 5. The topological polar surface area (TPSA) is 115 Å². The van der Waals surface area contributed by atoms with Crippen molar-refractivity contribution in [3.8, 4) is 17.0 Å². The molecule has 5 rings (SSSR count). The van der Waals surface area contributed by atoms with Gasteiger partial charge < -0.3 is 19.8 Å². The van der Waals surface area contributed by atoms with E-state index in [4.69, 9.17) is 9.47 Å². The van der Waals surface area contributed by atoms with Gasteiger partial charge in [0.25, 0.3) is 5.91 Å². The van der Waals surface area contributed by atoms with Crippen LogP contribution in [0.1, 0.15) is 40.4 Å². The lowest BCUT2D eigenvalue weighted by Crippen LogP contribution is -2.21. The lowest BCUT2D eigenvalue weighted by Gasteiger charge is -2.22. The van der Waals surface area contributed by atoms with Gasteiger partial charge in [-0.15, -0.1) is 10.2 Å². The number of aromatic amines is 1. The van der Waals surface area contributed by atoms with Crippen LogP contribution < -0.4 is 10.1 Å². The van der Waals surface area contributed by atoms with Crippen LogP contribution in [-0.2, 0) is 11.2 Å². The van der Waals surface area contributed by atoms with Crippen LogP contribution in [0.5, 0.6) is 5.75 Å². The number of carbonyl (C=O) groups is 1. The fourth-order valence-electron chi connectivity index (χ4n) is 4.14. The molecule has 0 radical (unpaired) electrons. The van der Waals surface area contributed by atoms with Gasteiger partial charge in [-0.05, 0) is 55.0 Å². The Hall–Kier alpha value is -4.18. The first kappa shape index (κ1) is 24.5. The Morgan fingerprint density at radius 2 is 1.97 bits per heavy atom. The number of aryl methyl sites for hydroxylation is 1. The molecule has 1 aliphatic heterocycles. The van der Waals surface area contributed by atoms with Crippen molar-refractivity contribution in [2.24, 2.45) is 5.92 Å². The zero-order chi connectivity index (χ0) is 25.6. The molecule has 0 saturated carbocycles. The number of anilines is 1. The molecule has 1 amide bonds. The molecule has 0 spiro atoms. The van der Waals surface area contributed by atoms with Gasteiger partial charge >= 0.3 is 0 Å². The Labute approximate surface area is 213 Å². The minimum absolute atomic E-state index is 0.00573.